The first kappa shape index (κ1) is 19.3. The molecule has 10 heteroatoms. The lowest BCUT2D eigenvalue weighted by Crippen LogP contribution is -2.31. The summed E-state index contributed by atoms with van der Waals surface area (Å²) >= 11 is 0. The van der Waals surface area contributed by atoms with E-state index in [4.69, 9.17) is 0 Å². The summed E-state index contributed by atoms with van der Waals surface area (Å²) in [6.45, 7) is 1.87. The second kappa shape index (κ2) is 8.16. The van der Waals surface area contributed by atoms with E-state index in [1.165, 1.54) is 22.4 Å². The van der Waals surface area contributed by atoms with Crippen LogP contribution in [0.3, 0.4) is 0 Å². The van der Waals surface area contributed by atoms with Gasteiger partial charge in [0, 0.05) is 25.8 Å². The molecule has 0 spiro atoms. The number of amides is 1. The van der Waals surface area contributed by atoms with Gasteiger partial charge in [-0.3, -0.25) is 9.48 Å². The average Bonchev–Trinajstić information content (AvgIpc) is 3.17. The Morgan fingerprint density at radius 1 is 1.24 bits per heavy atom. The van der Waals surface area contributed by atoms with Gasteiger partial charge in [0.15, 0.2) is 5.69 Å². The van der Waals surface area contributed by atoms with Gasteiger partial charge in [-0.15, -0.1) is 5.10 Å². The standard InChI is InChI=1S/C19H23F2N7O/c1-27-11-14(17(26-27)18(20)21)24-19(29)15-7-5-13-6-8-16(25-28(13)15)23-12-4-2-3-9-22-10-12/h5-8,11-12,18,22H,2-4,9-10H2,1H3,(H,23,25)(H,24,29)/t12-/m0/s1. The number of hydrogen-bond donors (Lipinski definition) is 3. The number of fused-ring (bicyclic) bond motifs is 1. The molecule has 1 aliphatic rings. The molecule has 0 unspecified atom stereocenters. The number of carbonyl (C=O) groups is 1. The van der Waals surface area contributed by atoms with E-state index in [-0.39, 0.29) is 17.4 Å². The Bertz CT molecular complexity index is 1010. The van der Waals surface area contributed by atoms with Gasteiger partial charge in [0.25, 0.3) is 12.3 Å². The third-order valence-corrected chi connectivity index (χ3v) is 4.95. The van der Waals surface area contributed by atoms with E-state index in [0.717, 1.165) is 37.9 Å². The molecule has 3 aromatic heterocycles. The van der Waals surface area contributed by atoms with E-state index in [1.807, 2.05) is 12.1 Å². The van der Waals surface area contributed by atoms with Crippen LogP contribution in [-0.2, 0) is 7.05 Å². The fraction of sp³-hybridized carbons (Fsp3) is 0.421. The Balaban J connectivity index is 1.56. The number of nitrogens with one attached hydrogen (secondary N) is 3. The number of nitrogens with zero attached hydrogens (tertiary/aromatic N) is 4. The number of carbonyl (C=O) groups excluding carboxylic acids is 1. The molecular formula is C19H23F2N7O. The van der Waals surface area contributed by atoms with Gasteiger partial charge in [0.05, 0.1) is 11.2 Å². The Kier molecular flexibility index (Phi) is 5.43. The molecule has 8 nitrogen and oxygen atoms in total. The molecule has 1 fully saturated rings. The third-order valence-electron chi connectivity index (χ3n) is 4.95. The SMILES string of the molecule is Cn1cc(NC(=O)c2ccc3ccc(N[C@H]4CCCCNC4)nn23)c(C(F)F)n1. The van der Waals surface area contributed by atoms with Crippen LogP contribution in [0, 0.1) is 0 Å². The Morgan fingerprint density at radius 3 is 2.90 bits per heavy atom. The Morgan fingerprint density at radius 2 is 2.07 bits per heavy atom. The lowest BCUT2D eigenvalue weighted by molar-refractivity contribution is 0.101. The van der Waals surface area contributed by atoms with Crippen LogP contribution in [0.4, 0.5) is 20.3 Å². The van der Waals surface area contributed by atoms with E-state index in [2.05, 4.69) is 26.1 Å². The van der Waals surface area contributed by atoms with E-state index in [0.29, 0.717) is 5.82 Å². The molecule has 29 heavy (non-hydrogen) atoms. The monoisotopic (exact) mass is 403 g/mol. The van der Waals surface area contributed by atoms with Gasteiger partial charge >= 0.3 is 0 Å². The van der Waals surface area contributed by atoms with Crippen molar-refractivity contribution in [2.24, 2.45) is 7.05 Å². The summed E-state index contributed by atoms with van der Waals surface area (Å²) in [5, 5.41) is 17.6. The maximum atomic E-state index is 13.1. The van der Waals surface area contributed by atoms with Crippen molar-refractivity contribution < 1.29 is 13.6 Å². The van der Waals surface area contributed by atoms with Gasteiger partial charge in [-0.2, -0.15) is 5.10 Å². The maximum absolute atomic E-state index is 13.1. The molecule has 154 valence electrons. The van der Waals surface area contributed by atoms with Crippen LogP contribution < -0.4 is 16.0 Å². The topological polar surface area (TPSA) is 88.3 Å². The highest BCUT2D eigenvalue weighted by molar-refractivity contribution is 6.04. The molecule has 0 aliphatic carbocycles. The lowest BCUT2D eigenvalue weighted by atomic mass is 10.1. The summed E-state index contributed by atoms with van der Waals surface area (Å²) in [5.74, 6) is 0.131. The molecule has 1 amide bonds. The summed E-state index contributed by atoms with van der Waals surface area (Å²) in [6, 6.07) is 7.38. The molecule has 0 saturated carbocycles. The van der Waals surface area contributed by atoms with Crippen molar-refractivity contribution in [3.63, 3.8) is 0 Å². The number of hydrogen-bond acceptors (Lipinski definition) is 5. The summed E-state index contributed by atoms with van der Waals surface area (Å²) in [5.41, 5.74) is 0.519. The van der Waals surface area contributed by atoms with Crippen LogP contribution in [0.2, 0.25) is 0 Å². The fourth-order valence-electron chi connectivity index (χ4n) is 3.54. The van der Waals surface area contributed by atoms with E-state index in [1.54, 1.807) is 12.1 Å². The molecule has 0 radical (unpaired) electrons. The van der Waals surface area contributed by atoms with Gasteiger partial charge in [0.1, 0.15) is 11.5 Å². The zero-order valence-electron chi connectivity index (χ0n) is 16.0. The van der Waals surface area contributed by atoms with Crippen molar-refractivity contribution in [3.8, 4) is 0 Å². The first-order chi connectivity index (χ1) is 14.0. The predicted octanol–water partition coefficient (Wildman–Crippen LogP) is 2.81. The first-order valence-electron chi connectivity index (χ1n) is 9.60. The van der Waals surface area contributed by atoms with E-state index in [9.17, 15) is 13.6 Å². The van der Waals surface area contributed by atoms with E-state index >= 15 is 0 Å². The highest BCUT2D eigenvalue weighted by atomic mass is 19.3. The van der Waals surface area contributed by atoms with Crippen LogP contribution in [0.1, 0.15) is 41.9 Å². The minimum Gasteiger partial charge on any atom is -0.365 e. The maximum Gasteiger partial charge on any atom is 0.284 e. The van der Waals surface area contributed by atoms with Crippen molar-refractivity contribution in [1.82, 2.24) is 24.7 Å². The second-order valence-corrected chi connectivity index (χ2v) is 7.17. The van der Waals surface area contributed by atoms with Crippen molar-refractivity contribution >= 4 is 22.9 Å². The molecule has 1 aliphatic heterocycles. The molecular weight excluding hydrogens is 380 g/mol. The zero-order chi connectivity index (χ0) is 20.4. The fourth-order valence-corrected chi connectivity index (χ4v) is 3.54. The van der Waals surface area contributed by atoms with Crippen LogP contribution in [0.5, 0.6) is 0 Å². The summed E-state index contributed by atoms with van der Waals surface area (Å²) in [6.07, 6.45) is 1.92. The Labute approximate surface area is 166 Å². The lowest BCUT2D eigenvalue weighted by Gasteiger charge is -2.17. The van der Waals surface area contributed by atoms with Crippen molar-refractivity contribution in [1.29, 1.82) is 0 Å². The van der Waals surface area contributed by atoms with Crippen molar-refractivity contribution in [2.75, 3.05) is 23.7 Å². The quantitative estimate of drug-likeness (QED) is 0.610. The zero-order valence-corrected chi connectivity index (χ0v) is 16.0. The van der Waals surface area contributed by atoms with Gasteiger partial charge in [-0.05, 0) is 43.7 Å². The minimum absolute atomic E-state index is 0.0127. The van der Waals surface area contributed by atoms with Crippen molar-refractivity contribution in [2.45, 2.75) is 31.7 Å². The summed E-state index contributed by atoms with van der Waals surface area (Å²) in [7, 11) is 1.52. The molecule has 4 rings (SSSR count). The number of aromatic nitrogens is 4. The molecule has 0 aromatic carbocycles. The summed E-state index contributed by atoms with van der Waals surface area (Å²) < 4.78 is 29.0. The van der Waals surface area contributed by atoms with E-state index < -0.39 is 18.0 Å². The molecule has 3 N–H and O–H groups in total. The van der Waals surface area contributed by atoms with Gasteiger partial charge in [-0.1, -0.05) is 6.42 Å². The molecule has 0 bridgehead atoms. The van der Waals surface area contributed by atoms with Crippen LogP contribution in [-0.4, -0.2) is 44.4 Å². The van der Waals surface area contributed by atoms with Crippen LogP contribution in [0.15, 0.2) is 30.5 Å². The second-order valence-electron chi connectivity index (χ2n) is 7.17. The van der Waals surface area contributed by atoms with Gasteiger partial charge in [-0.25, -0.2) is 13.3 Å². The number of rotatable bonds is 5. The molecule has 1 atom stereocenters. The predicted molar refractivity (Wildman–Crippen MR) is 105 cm³/mol. The number of anilines is 2. The third kappa shape index (κ3) is 4.21. The number of halogens is 2. The molecule has 4 heterocycles. The number of alkyl halides is 2. The van der Waals surface area contributed by atoms with Gasteiger partial charge in [0.2, 0.25) is 0 Å². The largest absolute Gasteiger partial charge is 0.365 e. The highest BCUT2D eigenvalue weighted by Gasteiger charge is 2.21. The Hall–Kier alpha value is -3.01. The highest BCUT2D eigenvalue weighted by Crippen LogP contribution is 2.25. The van der Waals surface area contributed by atoms with Crippen molar-refractivity contribution in [3.05, 3.63) is 41.9 Å². The number of aryl methyl sites for hydroxylation is 1. The summed E-state index contributed by atoms with van der Waals surface area (Å²) in [4.78, 5) is 12.7. The normalized spacial score (nSPS) is 17.4. The van der Waals surface area contributed by atoms with Gasteiger partial charge < -0.3 is 16.0 Å². The van der Waals surface area contributed by atoms with Crippen LogP contribution >= 0.6 is 0 Å². The smallest absolute Gasteiger partial charge is 0.284 e. The van der Waals surface area contributed by atoms with Crippen LogP contribution in [0.25, 0.3) is 5.52 Å². The average molecular weight is 403 g/mol. The minimum atomic E-state index is -2.78. The molecule has 1 saturated heterocycles. The first-order valence-corrected chi connectivity index (χ1v) is 9.60. The molecule has 3 aromatic rings.